The second-order valence-corrected chi connectivity index (χ2v) is 37.0. The van der Waals surface area contributed by atoms with Crippen LogP contribution in [0.5, 0.6) is 11.5 Å². The number of nitrogens with zero attached hydrogens (tertiary/aromatic N) is 12. The van der Waals surface area contributed by atoms with E-state index in [-0.39, 0.29) is 122 Å². The molecule has 37 heteroatoms. The monoisotopic (exact) mass is 1630 g/mol. The van der Waals surface area contributed by atoms with E-state index in [1.807, 2.05) is 27.7 Å². The molecule has 10 heterocycles. The van der Waals surface area contributed by atoms with E-state index in [0.717, 1.165) is 74.9 Å². The molecule has 6 aliphatic rings. The van der Waals surface area contributed by atoms with Gasteiger partial charge in [-0.25, -0.2) is 36.8 Å². The SMILES string of the molecule is Cc1[nH]nc(Nc2ncnc3cc(OCCN4CCN(CCC(=O)Nc5cccc6c5CN(C5CCC(=O)NC5=O)C6=O)CC4)c(S(=O)(=O)C(C)(C)C)cc23)c1C.Cc1[nH]nc(Nc2ncnc3cc(OCCN4CCN(CCOCC(=O)Nc5cccc6c5CN(C5CCC(=O)NC5=O)C6=O)CC4)c(S(=O)(=O)C(C)(C)C)cc23)c1C. The van der Waals surface area contributed by atoms with Crippen molar-refractivity contribution >= 4 is 123 Å². The van der Waals surface area contributed by atoms with Crippen LogP contribution in [0.3, 0.4) is 0 Å². The zero-order chi connectivity index (χ0) is 82.7. The molecule has 2 unspecified atom stereocenters. The molecule has 8 N–H and O–H groups in total. The standard InChI is InChI=1S/C40H50N10O8S.C39H48N10O7S/c1-24-25(2)46-47-36(24)45-37-27-19-33(59(55,56)40(3,4)5)32(20-30(27)41-23-42-37)58-18-16-49-13-11-48(12-14-49)15-17-57-22-35(52)43-29-8-6-7-26-28(29)21-50(39(26)54)31-9-10-34(51)44-38(31)53;1-23-24(2)45-46-35(23)44-36-26-19-32(57(54,55)39(3,4)5)31(20-29(26)40-22-41-36)56-18-17-48-15-13-47(14-16-48)12-11-34(51)42-28-8-6-7-25-27(28)21-49(38(25)53)30-9-10-33(50)43-37(30)52/h6-8,19-20,23,31H,9-18,21-22H2,1-5H3,(H,43,52)(H,44,51,53)(H2,41,42,45,46,47);6-8,19-20,22,30H,9-18,21H2,1-5H3,(H,42,51)(H,43,50,52)(H2,40,41,44,45,46). The predicted octanol–water partition coefficient (Wildman–Crippen LogP) is 5.77. The smallest absolute Gasteiger partial charge is 0.255 e. The summed E-state index contributed by atoms with van der Waals surface area (Å²) in [4.78, 5) is 130. The van der Waals surface area contributed by atoms with Gasteiger partial charge in [-0.05, 0) is 118 Å². The molecule has 14 rings (SSSR count). The molecule has 0 aliphatic carbocycles. The van der Waals surface area contributed by atoms with Gasteiger partial charge in [0.2, 0.25) is 35.4 Å². The summed E-state index contributed by atoms with van der Waals surface area (Å²) >= 11 is 0. The molecule has 0 radical (unpaired) electrons. The summed E-state index contributed by atoms with van der Waals surface area (Å²) in [6.45, 7) is 27.1. The number of benzene rings is 4. The van der Waals surface area contributed by atoms with Gasteiger partial charge in [-0.3, -0.25) is 73.9 Å². The van der Waals surface area contributed by atoms with Gasteiger partial charge in [-0.1, -0.05) is 12.1 Å². The van der Waals surface area contributed by atoms with Crippen LogP contribution in [0.15, 0.2) is 83.1 Å². The summed E-state index contributed by atoms with van der Waals surface area (Å²) in [7, 11) is -7.65. The van der Waals surface area contributed by atoms with Gasteiger partial charge >= 0.3 is 0 Å². The summed E-state index contributed by atoms with van der Waals surface area (Å²) in [5.41, 5.74) is 7.88. The molecule has 2 atom stereocenters. The predicted molar refractivity (Wildman–Crippen MR) is 430 cm³/mol. The number of carbonyl (C=O) groups is 8. The Balaban J connectivity index is 0.000000202. The molecule has 0 bridgehead atoms. The highest BCUT2D eigenvalue weighted by Gasteiger charge is 2.43. The number of piperazine rings is 2. The Hall–Kier alpha value is -11.0. The van der Waals surface area contributed by atoms with E-state index in [4.69, 9.17) is 14.2 Å². The molecule has 4 aromatic heterocycles. The number of aryl methyl sites for hydroxylation is 2. The van der Waals surface area contributed by atoms with Crippen molar-refractivity contribution in [3.8, 4) is 11.5 Å². The first-order valence-corrected chi connectivity index (χ1v) is 41.7. The van der Waals surface area contributed by atoms with E-state index in [0.29, 0.717) is 111 Å². The maximum absolute atomic E-state index is 13.9. The zero-order valence-electron chi connectivity index (χ0n) is 66.7. The van der Waals surface area contributed by atoms with Crippen LogP contribution in [-0.2, 0) is 66.3 Å². The van der Waals surface area contributed by atoms with Crippen LogP contribution in [0.4, 0.5) is 34.6 Å². The number of hydrogen-bond acceptors (Lipinski definition) is 27. The van der Waals surface area contributed by atoms with Crippen LogP contribution in [0.1, 0.15) is 128 Å². The van der Waals surface area contributed by atoms with Gasteiger partial charge < -0.3 is 50.2 Å². The lowest BCUT2D eigenvalue weighted by Crippen LogP contribution is -2.52. The number of carbonyl (C=O) groups excluding carboxylic acids is 8. The van der Waals surface area contributed by atoms with E-state index in [2.05, 4.69) is 91.8 Å². The molecule has 8 aromatic rings. The first kappa shape index (κ1) is 83.0. The molecule has 4 aromatic carbocycles. The number of nitrogens with one attached hydrogen (secondary N) is 8. The Labute approximate surface area is 671 Å². The number of aromatic nitrogens is 8. The van der Waals surface area contributed by atoms with Crippen molar-refractivity contribution in [2.24, 2.45) is 0 Å². The van der Waals surface area contributed by atoms with Crippen molar-refractivity contribution in [3.05, 3.63) is 118 Å². The first-order chi connectivity index (χ1) is 55.2. The minimum atomic E-state index is -3.83. The topological polar surface area (TPSA) is 433 Å². The second kappa shape index (κ2) is 34.5. The van der Waals surface area contributed by atoms with E-state index in [9.17, 15) is 55.2 Å². The fraction of sp³-hybridized carbons (Fsp3) is 0.468. The van der Waals surface area contributed by atoms with Crippen LogP contribution in [0.2, 0.25) is 0 Å². The van der Waals surface area contributed by atoms with E-state index >= 15 is 0 Å². The lowest BCUT2D eigenvalue weighted by Gasteiger charge is -2.34. The van der Waals surface area contributed by atoms with Crippen molar-refractivity contribution in [2.75, 3.05) is 126 Å². The van der Waals surface area contributed by atoms with Gasteiger partial charge in [0.05, 0.1) is 27.1 Å². The quantitative estimate of drug-likeness (QED) is 0.0235. The number of imide groups is 2. The van der Waals surface area contributed by atoms with Crippen LogP contribution in [0.25, 0.3) is 21.8 Å². The molecular formula is C79H98N20O15S2. The number of fused-ring (bicyclic) bond motifs is 4. The van der Waals surface area contributed by atoms with Crippen molar-refractivity contribution < 1.29 is 69.4 Å². The average Bonchev–Trinajstić information content (AvgIpc) is 1.35. The van der Waals surface area contributed by atoms with E-state index in [1.54, 1.807) is 102 Å². The maximum atomic E-state index is 13.9. The molecular weight excluding hydrogens is 1530 g/mol. The summed E-state index contributed by atoms with van der Waals surface area (Å²) in [5, 5.41) is 32.4. The van der Waals surface area contributed by atoms with Gasteiger partial charge in [-0.15, -0.1) is 0 Å². The van der Waals surface area contributed by atoms with Gasteiger partial charge in [0.15, 0.2) is 31.3 Å². The van der Waals surface area contributed by atoms with Gasteiger partial charge in [0.25, 0.3) is 11.8 Å². The normalized spacial score (nSPS) is 18.1. The lowest BCUT2D eigenvalue weighted by molar-refractivity contribution is -0.138. The van der Waals surface area contributed by atoms with E-state index in [1.165, 1.54) is 22.5 Å². The molecule has 4 saturated heterocycles. The number of piperidine rings is 2. The Morgan fingerprint density at radius 1 is 0.509 bits per heavy atom. The zero-order valence-corrected chi connectivity index (χ0v) is 68.3. The number of amides is 8. The van der Waals surface area contributed by atoms with Crippen LogP contribution >= 0.6 is 0 Å². The van der Waals surface area contributed by atoms with Gasteiger partial charge in [0.1, 0.15) is 77.5 Å². The highest BCUT2D eigenvalue weighted by atomic mass is 32.2. The van der Waals surface area contributed by atoms with Crippen molar-refractivity contribution in [1.29, 1.82) is 0 Å². The molecule has 0 saturated carbocycles. The minimum absolute atomic E-state index is 0.0667. The van der Waals surface area contributed by atoms with Crippen LogP contribution in [0, 0.1) is 27.7 Å². The number of sulfone groups is 2. The van der Waals surface area contributed by atoms with Crippen molar-refractivity contribution in [1.82, 2.24) is 80.4 Å². The maximum Gasteiger partial charge on any atom is 0.255 e. The Morgan fingerprint density at radius 3 is 1.29 bits per heavy atom. The molecule has 4 fully saturated rings. The Bertz CT molecular complexity index is 5390. The van der Waals surface area contributed by atoms with Crippen molar-refractivity contribution in [3.63, 3.8) is 0 Å². The van der Waals surface area contributed by atoms with Gasteiger partial charge in [0, 0.05) is 190 Å². The van der Waals surface area contributed by atoms with Crippen LogP contribution < -0.4 is 41.4 Å². The summed E-state index contributed by atoms with van der Waals surface area (Å²) in [6.07, 6.45) is 3.94. The van der Waals surface area contributed by atoms with E-state index < -0.39 is 53.1 Å². The Morgan fingerprint density at radius 2 is 0.905 bits per heavy atom. The highest BCUT2D eigenvalue weighted by Crippen LogP contribution is 2.41. The number of H-pyrrole nitrogens is 2. The van der Waals surface area contributed by atoms with Crippen molar-refractivity contribution in [2.45, 2.75) is 146 Å². The number of rotatable bonds is 26. The van der Waals surface area contributed by atoms with Gasteiger partial charge in [-0.2, -0.15) is 10.2 Å². The first-order valence-electron chi connectivity index (χ1n) is 38.7. The number of anilines is 6. The fourth-order valence-corrected chi connectivity index (χ4v) is 17.2. The third-order valence-electron chi connectivity index (χ3n) is 22.0. The number of hydrogen-bond donors (Lipinski definition) is 8. The minimum Gasteiger partial charge on any atom is -0.491 e. The molecule has 35 nitrogen and oxygen atoms in total. The average molecular weight is 1630 g/mol. The molecule has 0 spiro atoms. The molecule has 8 amide bonds. The highest BCUT2D eigenvalue weighted by molar-refractivity contribution is 7.93. The number of ether oxygens (including phenoxy) is 3. The van der Waals surface area contributed by atoms with Crippen LogP contribution in [-0.4, -0.2) is 260 Å². The molecule has 6 aliphatic heterocycles. The fourth-order valence-electron chi connectivity index (χ4n) is 14.5. The third-order valence-corrected chi connectivity index (χ3v) is 27.0. The lowest BCUT2D eigenvalue weighted by atomic mass is 10.0. The summed E-state index contributed by atoms with van der Waals surface area (Å²) in [5.74, 6) is -0.291. The number of aromatic amines is 2. The molecule has 116 heavy (non-hydrogen) atoms. The second-order valence-electron chi connectivity index (χ2n) is 31.6. The largest absolute Gasteiger partial charge is 0.491 e. The molecule has 616 valence electrons. The summed E-state index contributed by atoms with van der Waals surface area (Å²) in [6, 6.07) is 15.2. The third kappa shape index (κ3) is 18.2. The Kier molecular flexibility index (Phi) is 24.7. The summed E-state index contributed by atoms with van der Waals surface area (Å²) < 4.78 is 71.4.